The van der Waals surface area contributed by atoms with E-state index < -0.39 is 35.2 Å². The molecule has 15 heteroatoms. The van der Waals surface area contributed by atoms with Crippen LogP contribution in [0.4, 0.5) is 0 Å². The van der Waals surface area contributed by atoms with E-state index in [2.05, 4.69) is 137 Å². The summed E-state index contributed by atoms with van der Waals surface area (Å²) in [4.78, 5) is 66.1. The number of hydrogen-bond donors (Lipinski definition) is 7. The molecule has 0 fully saturated rings. The Morgan fingerprint density at radius 2 is 0.570 bits per heavy atom. The summed E-state index contributed by atoms with van der Waals surface area (Å²) in [6.45, 7) is 2.97. The Kier molecular flexibility index (Phi) is 28.0. The first-order valence-electron chi connectivity index (χ1n) is 23.7. The highest BCUT2D eigenvalue weighted by Gasteiger charge is 2.48. The van der Waals surface area contributed by atoms with Gasteiger partial charge in [-0.1, -0.05) is 218 Å². The summed E-state index contributed by atoms with van der Waals surface area (Å²) < 4.78 is 24.5. The summed E-state index contributed by atoms with van der Waals surface area (Å²) in [5.74, 6) is 41.9. The van der Waals surface area contributed by atoms with Crippen molar-refractivity contribution < 1.29 is 52.4 Å². The van der Waals surface area contributed by atoms with E-state index in [9.17, 15) is 19.2 Å². The Morgan fingerprint density at radius 3 is 0.823 bits per heavy atom. The second-order valence-electron chi connectivity index (χ2n) is 15.6. The van der Waals surface area contributed by atoms with Crippen LogP contribution in [-0.4, -0.2) is 68.8 Å². The van der Waals surface area contributed by atoms with Crippen molar-refractivity contribution in [3.05, 3.63) is 229 Å². The van der Waals surface area contributed by atoms with Gasteiger partial charge in [-0.3, -0.25) is 0 Å². The highest BCUT2D eigenvalue weighted by atomic mass is 28.5. The third-order valence-corrected chi connectivity index (χ3v) is 17.9. The van der Waals surface area contributed by atoms with Crippen molar-refractivity contribution in [2.24, 2.45) is 0 Å². The maximum Gasteiger partial charge on any atom is 0.538 e. The van der Waals surface area contributed by atoms with Gasteiger partial charge in [-0.15, -0.1) is 6.42 Å². The molecule has 392 valence electrons. The molecule has 7 N–H and O–H groups in total. The molecule has 0 saturated heterocycles. The van der Waals surface area contributed by atoms with E-state index in [4.69, 9.17) is 38.2 Å². The summed E-state index contributed by atoms with van der Waals surface area (Å²) >= 11 is 0. The molecule has 0 heterocycles. The molecule has 7 aromatic carbocycles. The fourth-order valence-corrected chi connectivity index (χ4v) is 12.9. The van der Waals surface area contributed by atoms with Crippen molar-refractivity contribution in [1.29, 1.82) is 0 Å². The Balaban J connectivity index is 0.000000299. The first kappa shape index (κ1) is 62.5. The average Bonchev–Trinajstić information content (AvgIpc) is 3.50. The van der Waals surface area contributed by atoms with E-state index in [0.717, 1.165) is 21.9 Å². The molecule has 7 aromatic rings. The Morgan fingerprint density at radius 1 is 0.329 bits per heavy atom. The van der Waals surface area contributed by atoms with Crippen molar-refractivity contribution in [3.8, 4) is 107 Å². The number of hydrogen-bond acceptors (Lipinski definition) is 11. The summed E-state index contributed by atoms with van der Waals surface area (Å²) in [7, 11) is -15.9. The molecule has 0 atom stereocenters. The van der Waals surface area contributed by atoms with Crippen molar-refractivity contribution in [2.75, 3.05) is 0 Å². The van der Waals surface area contributed by atoms with Gasteiger partial charge in [0.15, 0.2) is 0 Å². The summed E-state index contributed by atoms with van der Waals surface area (Å²) in [5.41, 5.74) is 3.26. The van der Waals surface area contributed by atoms with Gasteiger partial charge < -0.3 is 51.0 Å². The maximum atomic E-state index is 9.97. The smallest absolute Gasteiger partial charge is 0.387 e. The van der Waals surface area contributed by atoms with E-state index in [1.54, 1.807) is 61.5 Å². The lowest BCUT2D eigenvalue weighted by molar-refractivity contribution is 0.0564. The number of benzene rings is 7. The molecule has 79 heavy (non-hydrogen) atoms. The third-order valence-electron chi connectivity index (χ3n) is 9.76. The van der Waals surface area contributed by atoms with Gasteiger partial charge in [0.25, 0.3) is 0 Å². The van der Waals surface area contributed by atoms with Crippen LogP contribution < -0.4 is 20.7 Å². The second kappa shape index (κ2) is 35.4. The van der Waals surface area contributed by atoms with Gasteiger partial charge in [-0.05, 0) is 118 Å². The van der Waals surface area contributed by atoms with E-state index in [0.29, 0.717) is 19.8 Å². The fourth-order valence-electron chi connectivity index (χ4n) is 6.07. The van der Waals surface area contributed by atoms with Crippen molar-refractivity contribution in [2.45, 2.75) is 26.7 Å². The SMILES string of the molecule is C#CC#CC#CC#CC#CC#CC#CC#CC#CC.O[Si](O)(O)c1ccccc1.O[Si](O)(O[Si](O)(O)c1ccccc1)c1ccccc1.[HH].c1ccc(CO[Si](OCc2ccccc2)(OCc2ccccc2)c2ccccc2)cc1. The molecule has 0 unspecified atom stereocenters. The van der Waals surface area contributed by atoms with Gasteiger partial charge in [0, 0.05) is 22.2 Å². The summed E-state index contributed by atoms with van der Waals surface area (Å²) in [6.07, 6.45) is 4.89. The molecule has 0 saturated carbocycles. The zero-order chi connectivity index (χ0) is 56.8. The molecule has 0 radical (unpaired) electrons. The standard InChI is InChI=1S/C27H26O3Si.C19H4.C12H14O5Si2.C6H8O3Si.H2/c1-5-13-24(14-6-1)21-28-31(27-19-11-4-12-20-27,29-22-25-15-7-2-8-16-25)30-23-26-17-9-3-10-18-26;1-3-5-7-9-11-13-15-17-19-18-16-14-12-10-8-6-4-2;13-18(14,11-7-3-1-4-8-11)17-19(15,16)12-9-5-2-6-10-12;7-10(8,9)6-4-2-1-3-5-6;/h1-20H,21-23H2;1H,2H3;1-10,13-16H;1-5,7-9H;1H. The molecule has 0 aliphatic carbocycles. The Labute approximate surface area is 468 Å². The molecule has 0 bridgehead atoms. The van der Waals surface area contributed by atoms with Crippen LogP contribution in [0.1, 0.15) is 25.0 Å². The van der Waals surface area contributed by atoms with E-state index in [1.165, 1.54) is 36.4 Å². The van der Waals surface area contributed by atoms with Crippen LogP contribution in [0.15, 0.2) is 212 Å². The Hall–Kier alpha value is -8.99. The quantitative estimate of drug-likeness (QED) is 0.0586. The van der Waals surface area contributed by atoms with Crippen LogP contribution in [-0.2, 0) is 37.2 Å². The van der Waals surface area contributed by atoms with Crippen LogP contribution >= 0.6 is 0 Å². The van der Waals surface area contributed by atoms with Crippen molar-refractivity contribution >= 4 is 56.0 Å². The van der Waals surface area contributed by atoms with Gasteiger partial charge in [0.1, 0.15) is 0 Å². The lowest BCUT2D eigenvalue weighted by atomic mass is 10.2. The minimum Gasteiger partial charge on any atom is -0.387 e. The largest absolute Gasteiger partial charge is 0.538 e. The molecule has 0 spiro atoms. The number of rotatable bonds is 15. The van der Waals surface area contributed by atoms with Gasteiger partial charge in [0.05, 0.1) is 19.8 Å². The molecule has 0 aliphatic heterocycles. The first-order chi connectivity index (χ1) is 38.3. The second-order valence-corrected chi connectivity index (χ2v) is 24.4. The minimum absolute atomic E-state index is 0. The highest BCUT2D eigenvalue weighted by Crippen LogP contribution is 2.19. The topological polar surface area (TPSA) is 179 Å². The minimum atomic E-state index is -4.34. The van der Waals surface area contributed by atoms with E-state index >= 15 is 0 Å². The molecule has 0 amide bonds. The van der Waals surface area contributed by atoms with Gasteiger partial charge >= 0.3 is 35.2 Å². The molecular weight excluding hydrogens is 1060 g/mol. The molecule has 0 aromatic heterocycles. The van der Waals surface area contributed by atoms with E-state index in [-0.39, 0.29) is 17.0 Å². The normalized spacial score (nSPS) is 9.81. The van der Waals surface area contributed by atoms with Crippen LogP contribution in [0.5, 0.6) is 0 Å². The first-order valence-corrected chi connectivity index (χ1v) is 30.8. The van der Waals surface area contributed by atoms with Crippen molar-refractivity contribution in [1.82, 2.24) is 0 Å². The highest BCUT2D eigenvalue weighted by molar-refractivity contribution is 6.85. The molecular formula is C64H54O11Si4. The fraction of sp³-hybridized carbons (Fsp3) is 0.0625. The van der Waals surface area contributed by atoms with Crippen LogP contribution in [0, 0.1) is 107 Å². The van der Waals surface area contributed by atoms with Gasteiger partial charge in [0.2, 0.25) is 0 Å². The third kappa shape index (κ3) is 25.1. The zero-order valence-corrected chi connectivity index (χ0v) is 46.7. The zero-order valence-electron chi connectivity index (χ0n) is 42.7. The van der Waals surface area contributed by atoms with Crippen LogP contribution in [0.3, 0.4) is 0 Å². The predicted molar refractivity (Wildman–Crippen MR) is 316 cm³/mol. The van der Waals surface area contributed by atoms with E-state index in [1.807, 2.05) is 84.9 Å². The summed E-state index contributed by atoms with van der Waals surface area (Å²) in [6, 6.07) is 64.3. The van der Waals surface area contributed by atoms with Crippen LogP contribution in [0.25, 0.3) is 0 Å². The Bertz CT molecular complexity index is 3380. The average molecular weight is 1110 g/mol. The molecule has 0 aliphatic rings. The number of terminal acetylenes is 1. The summed E-state index contributed by atoms with van der Waals surface area (Å²) in [5, 5.41) is 1.48. The van der Waals surface area contributed by atoms with Gasteiger partial charge in [-0.2, -0.15) is 0 Å². The molecule has 11 nitrogen and oxygen atoms in total. The van der Waals surface area contributed by atoms with Crippen molar-refractivity contribution in [3.63, 3.8) is 0 Å². The molecule has 7 rings (SSSR count). The lowest BCUT2D eigenvalue weighted by Gasteiger charge is -2.30. The lowest BCUT2D eigenvalue weighted by Crippen LogP contribution is -2.64. The van der Waals surface area contributed by atoms with Gasteiger partial charge in [-0.25, -0.2) is 0 Å². The maximum absolute atomic E-state index is 9.97. The monoisotopic (exact) mass is 1110 g/mol. The predicted octanol–water partition coefficient (Wildman–Crippen LogP) is 3.87. The van der Waals surface area contributed by atoms with Crippen LogP contribution in [0.2, 0.25) is 0 Å².